The number of aromatic nitrogens is 1. The van der Waals surface area contributed by atoms with E-state index in [0.717, 1.165) is 44.1 Å². The van der Waals surface area contributed by atoms with Crippen LogP contribution in [-0.4, -0.2) is 52.6 Å². The van der Waals surface area contributed by atoms with E-state index in [2.05, 4.69) is 20.9 Å². The minimum atomic E-state index is 0.0512. The molecule has 3 fully saturated rings. The Kier molecular flexibility index (Phi) is 5.31. The fourth-order valence-electron chi connectivity index (χ4n) is 4.16. The molecular weight excluding hydrogens is 346 g/mol. The van der Waals surface area contributed by atoms with Gasteiger partial charge in [0.25, 0.3) is 5.91 Å². The third-order valence-corrected chi connectivity index (χ3v) is 5.91. The summed E-state index contributed by atoms with van der Waals surface area (Å²) in [6.07, 6.45) is 8.07. The molecule has 5 nitrogen and oxygen atoms in total. The molecule has 3 aliphatic heterocycles. The van der Waals surface area contributed by atoms with Gasteiger partial charge in [0.2, 0.25) is 0 Å². The van der Waals surface area contributed by atoms with Gasteiger partial charge in [0.1, 0.15) is 5.76 Å². The number of rotatable bonds is 5. The van der Waals surface area contributed by atoms with Crippen LogP contribution < -0.4 is 0 Å². The van der Waals surface area contributed by atoms with E-state index in [9.17, 15) is 4.79 Å². The number of piperidine rings is 1. The number of hydrogen-bond donors (Lipinski definition) is 0. The maximum atomic E-state index is 13.0. The first-order chi connectivity index (χ1) is 12.7. The van der Waals surface area contributed by atoms with Gasteiger partial charge < -0.3 is 9.32 Å². The lowest BCUT2D eigenvalue weighted by molar-refractivity contribution is 0.0551. The van der Waals surface area contributed by atoms with Crippen molar-refractivity contribution >= 4 is 17.7 Å². The van der Waals surface area contributed by atoms with Gasteiger partial charge in [0.05, 0.1) is 5.75 Å². The number of fused-ring (bicyclic) bond motifs is 4. The van der Waals surface area contributed by atoms with Crippen LogP contribution in [0.25, 0.3) is 0 Å². The minimum Gasteiger partial charge on any atom is -0.455 e. The fraction of sp³-hybridized carbons (Fsp3) is 0.500. The Morgan fingerprint density at radius 3 is 3.00 bits per heavy atom. The number of carbonyl (C=O) groups is 1. The maximum absolute atomic E-state index is 13.0. The van der Waals surface area contributed by atoms with E-state index in [4.69, 9.17) is 4.42 Å². The summed E-state index contributed by atoms with van der Waals surface area (Å²) in [4.78, 5) is 21.8. The number of amides is 1. The molecule has 2 aromatic rings. The van der Waals surface area contributed by atoms with Crippen LogP contribution >= 0.6 is 11.8 Å². The highest BCUT2D eigenvalue weighted by Crippen LogP contribution is 2.30. The smallest absolute Gasteiger partial charge is 0.289 e. The molecule has 0 unspecified atom stereocenters. The van der Waals surface area contributed by atoms with Crippen molar-refractivity contribution in [3.8, 4) is 0 Å². The number of furan rings is 1. The van der Waals surface area contributed by atoms with Crippen molar-refractivity contribution in [1.29, 1.82) is 0 Å². The topological polar surface area (TPSA) is 49.6 Å². The molecule has 0 aliphatic carbocycles. The van der Waals surface area contributed by atoms with Crippen molar-refractivity contribution in [3.63, 3.8) is 0 Å². The van der Waals surface area contributed by atoms with Crippen LogP contribution in [0.5, 0.6) is 0 Å². The van der Waals surface area contributed by atoms with Gasteiger partial charge in [0.15, 0.2) is 5.76 Å². The molecule has 5 heterocycles. The molecule has 5 rings (SSSR count). The summed E-state index contributed by atoms with van der Waals surface area (Å²) >= 11 is 1.70. The zero-order valence-electron chi connectivity index (χ0n) is 15.1. The zero-order chi connectivity index (χ0) is 17.9. The molecule has 0 aromatic carbocycles. The Balaban J connectivity index is 1.46. The van der Waals surface area contributed by atoms with Crippen LogP contribution in [0.3, 0.4) is 0 Å². The molecule has 0 spiro atoms. The third kappa shape index (κ3) is 3.81. The lowest BCUT2D eigenvalue weighted by atomic mass is 9.95. The summed E-state index contributed by atoms with van der Waals surface area (Å²) in [5.74, 6) is 2.75. The SMILES string of the molecule is CSCc1ccc(C(=O)N2C[C@H]3CC[C@@H]2CN(Cc2cccnc2)C3)o1. The van der Waals surface area contributed by atoms with Crippen molar-refractivity contribution in [2.75, 3.05) is 25.9 Å². The lowest BCUT2D eigenvalue weighted by Gasteiger charge is -2.35. The van der Waals surface area contributed by atoms with E-state index in [0.29, 0.717) is 11.7 Å². The average Bonchev–Trinajstić information content (AvgIpc) is 2.95. The van der Waals surface area contributed by atoms with Crippen LogP contribution in [0, 0.1) is 5.92 Å². The first-order valence-electron chi connectivity index (χ1n) is 9.23. The third-order valence-electron chi connectivity index (χ3n) is 5.34. The van der Waals surface area contributed by atoms with Gasteiger partial charge in [-0.2, -0.15) is 11.8 Å². The summed E-state index contributed by atoms with van der Waals surface area (Å²) in [7, 11) is 0. The van der Waals surface area contributed by atoms with Gasteiger partial charge in [-0.15, -0.1) is 0 Å². The molecular formula is C20H25N3O2S. The standard InChI is InChI=1S/C20H25N3O2S/c1-26-14-18-6-7-19(25-18)20(24)23-12-16-4-5-17(23)13-22(11-16)10-15-3-2-8-21-9-15/h2-3,6-9,16-17H,4-5,10-14H2,1H3/t16-,17+/m0/s1. The largest absolute Gasteiger partial charge is 0.455 e. The fourth-order valence-corrected chi connectivity index (χ4v) is 4.60. The summed E-state index contributed by atoms with van der Waals surface area (Å²) in [5.41, 5.74) is 1.24. The predicted molar refractivity (Wildman–Crippen MR) is 103 cm³/mol. The number of thioether (sulfide) groups is 1. The van der Waals surface area contributed by atoms with E-state index in [-0.39, 0.29) is 11.9 Å². The Morgan fingerprint density at radius 2 is 2.19 bits per heavy atom. The van der Waals surface area contributed by atoms with Crippen molar-refractivity contribution in [1.82, 2.24) is 14.8 Å². The first-order valence-corrected chi connectivity index (χ1v) is 10.6. The van der Waals surface area contributed by atoms with E-state index < -0.39 is 0 Å². The second-order valence-corrected chi connectivity index (χ2v) is 8.18. The van der Waals surface area contributed by atoms with Crippen LogP contribution in [0.15, 0.2) is 41.1 Å². The molecule has 1 amide bonds. The minimum absolute atomic E-state index is 0.0512. The highest BCUT2D eigenvalue weighted by molar-refractivity contribution is 7.97. The average molecular weight is 372 g/mol. The molecule has 2 bridgehead atoms. The second kappa shape index (κ2) is 7.84. The predicted octanol–water partition coefficient (Wildman–Crippen LogP) is 3.27. The Labute approximate surface area is 158 Å². The van der Waals surface area contributed by atoms with Gasteiger partial charge in [0, 0.05) is 44.6 Å². The van der Waals surface area contributed by atoms with Gasteiger partial charge >= 0.3 is 0 Å². The first kappa shape index (κ1) is 17.6. The summed E-state index contributed by atoms with van der Waals surface area (Å²) in [6, 6.07) is 8.14. The van der Waals surface area contributed by atoms with Crippen molar-refractivity contribution in [2.24, 2.45) is 5.92 Å². The van der Waals surface area contributed by atoms with Gasteiger partial charge in [-0.05, 0) is 48.8 Å². The molecule has 0 radical (unpaired) electrons. The lowest BCUT2D eigenvalue weighted by Crippen LogP contribution is -2.47. The van der Waals surface area contributed by atoms with Crippen molar-refractivity contribution in [3.05, 3.63) is 53.7 Å². The molecule has 2 aromatic heterocycles. The van der Waals surface area contributed by atoms with Crippen LogP contribution in [0.4, 0.5) is 0 Å². The van der Waals surface area contributed by atoms with Crippen LogP contribution in [0.1, 0.15) is 34.7 Å². The molecule has 2 atom stereocenters. The number of pyridine rings is 1. The molecule has 6 heteroatoms. The van der Waals surface area contributed by atoms with Crippen molar-refractivity contribution < 1.29 is 9.21 Å². The molecule has 0 N–H and O–H groups in total. The van der Waals surface area contributed by atoms with Gasteiger partial charge in [-0.3, -0.25) is 14.7 Å². The number of nitrogens with zero attached hydrogens (tertiary/aromatic N) is 3. The Bertz CT molecular complexity index is 749. The van der Waals surface area contributed by atoms with Crippen LogP contribution in [-0.2, 0) is 12.3 Å². The quantitative estimate of drug-likeness (QED) is 0.807. The van der Waals surface area contributed by atoms with Gasteiger partial charge in [-0.1, -0.05) is 6.07 Å². The van der Waals surface area contributed by atoms with E-state index >= 15 is 0 Å². The maximum Gasteiger partial charge on any atom is 0.289 e. The molecule has 3 saturated heterocycles. The molecule has 0 saturated carbocycles. The van der Waals surface area contributed by atoms with Crippen LogP contribution in [0.2, 0.25) is 0 Å². The summed E-state index contributed by atoms with van der Waals surface area (Å²) in [5, 5.41) is 0. The summed E-state index contributed by atoms with van der Waals surface area (Å²) < 4.78 is 5.78. The Morgan fingerprint density at radius 1 is 1.27 bits per heavy atom. The highest BCUT2D eigenvalue weighted by Gasteiger charge is 2.38. The van der Waals surface area contributed by atoms with E-state index in [1.165, 1.54) is 12.0 Å². The zero-order valence-corrected chi connectivity index (χ0v) is 16.0. The van der Waals surface area contributed by atoms with E-state index in [1.807, 2.05) is 36.8 Å². The second-order valence-electron chi connectivity index (χ2n) is 7.31. The highest BCUT2D eigenvalue weighted by atomic mass is 32.2. The monoisotopic (exact) mass is 371 g/mol. The Hall–Kier alpha value is -1.79. The molecule has 138 valence electrons. The summed E-state index contributed by atoms with van der Waals surface area (Å²) in [6.45, 7) is 3.72. The number of carbonyl (C=O) groups excluding carboxylic acids is 1. The number of hydrogen-bond acceptors (Lipinski definition) is 5. The normalized spacial score (nSPS) is 23.2. The van der Waals surface area contributed by atoms with Gasteiger partial charge in [-0.25, -0.2) is 0 Å². The van der Waals surface area contributed by atoms with E-state index in [1.54, 1.807) is 11.8 Å². The molecule has 26 heavy (non-hydrogen) atoms. The van der Waals surface area contributed by atoms with Crippen molar-refractivity contribution in [2.45, 2.75) is 31.2 Å². The molecule has 3 aliphatic rings.